The van der Waals surface area contributed by atoms with Crippen molar-refractivity contribution < 1.29 is 31.5 Å². The molecule has 0 spiro atoms. The van der Waals surface area contributed by atoms with Gasteiger partial charge in [0.05, 0.1) is 30.7 Å². The van der Waals surface area contributed by atoms with Crippen molar-refractivity contribution in [1.29, 1.82) is 0 Å². The number of amides is 1. The highest BCUT2D eigenvalue weighted by atomic mass is 19.4. The largest absolute Gasteiger partial charge is 0.435 e. The number of imidazole rings is 1. The lowest BCUT2D eigenvalue weighted by Gasteiger charge is -2.18. The van der Waals surface area contributed by atoms with Gasteiger partial charge in [-0.05, 0) is 44.0 Å². The summed E-state index contributed by atoms with van der Waals surface area (Å²) in [5.41, 5.74) is 5.72. The van der Waals surface area contributed by atoms with Crippen LogP contribution in [0.4, 0.5) is 33.5 Å². The van der Waals surface area contributed by atoms with Crippen LogP contribution in [0, 0.1) is 0 Å². The van der Waals surface area contributed by atoms with Gasteiger partial charge in [-0.2, -0.15) is 18.3 Å². The normalized spacial score (nSPS) is 12.3. The highest BCUT2D eigenvalue weighted by Gasteiger charge is 2.38. The Balaban J connectivity index is 1.55. The first kappa shape index (κ1) is 30.8. The number of nitrogens with one attached hydrogen (secondary N) is 2. The number of hydrogen-bond donors (Lipinski definition) is 3. The van der Waals surface area contributed by atoms with E-state index in [1.165, 1.54) is 23.0 Å². The predicted molar refractivity (Wildman–Crippen MR) is 146 cm³/mol. The summed E-state index contributed by atoms with van der Waals surface area (Å²) in [4.78, 5) is 21.3. The van der Waals surface area contributed by atoms with Crippen LogP contribution in [0.15, 0.2) is 43.0 Å². The Morgan fingerprint density at radius 2 is 1.95 bits per heavy atom. The van der Waals surface area contributed by atoms with Gasteiger partial charge in [0, 0.05) is 41.9 Å². The van der Waals surface area contributed by atoms with Crippen LogP contribution in [0.5, 0.6) is 0 Å². The average molecular weight is 595 g/mol. The third kappa shape index (κ3) is 7.39. The summed E-state index contributed by atoms with van der Waals surface area (Å²) in [6.45, 7) is 5.57. The number of nitrogens with two attached hydrogens (primary N) is 1. The van der Waals surface area contributed by atoms with Crippen LogP contribution in [-0.4, -0.2) is 61.8 Å². The monoisotopic (exact) mass is 594 g/mol. The van der Waals surface area contributed by atoms with Crippen molar-refractivity contribution in [2.24, 2.45) is 5.73 Å². The third-order valence-electron chi connectivity index (χ3n) is 6.06. The quantitative estimate of drug-likeness (QED) is 0.161. The summed E-state index contributed by atoms with van der Waals surface area (Å²) in [7, 11) is 0. The fraction of sp³-hybridized carbons (Fsp3) is 0.407. The van der Waals surface area contributed by atoms with Gasteiger partial charge in [0.2, 0.25) is 0 Å². The van der Waals surface area contributed by atoms with E-state index in [1.807, 2.05) is 20.8 Å². The highest BCUT2D eigenvalue weighted by Crippen LogP contribution is 2.37. The zero-order valence-corrected chi connectivity index (χ0v) is 23.2. The van der Waals surface area contributed by atoms with E-state index in [1.54, 1.807) is 18.2 Å². The number of alkyl halides is 5. The molecule has 226 valence electrons. The summed E-state index contributed by atoms with van der Waals surface area (Å²) in [5, 5.41) is 9.27. The number of aromatic nitrogens is 5. The van der Waals surface area contributed by atoms with E-state index < -0.39 is 35.9 Å². The van der Waals surface area contributed by atoms with Crippen LogP contribution in [0.1, 0.15) is 42.4 Å². The molecule has 42 heavy (non-hydrogen) atoms. The molecule has 0 saturated heterocycles. The maximum absolute atomic E-state index is 13.7. The molecule has 15 heteroatoms. The number of ether oxygens (including phenoxy) is 1. The predicted octanol–water partition coefficient (Wildman–Crippen LogP) is 4.67. The van der Waals surface area contributed by atoms with Gasteiger partial charge in [-0.15, -0.1) is 0 Å². The Kier molecular flexibility index (Phi) is 9.11. The zero-order chi connectivity index (χ0) is 30.7. The van der Waals surface area contributed by atoms with Crippen LogP contribution in [0.25, 0.3) is 16.9 Å². The highest BCUT2D eigenvalue weighted by molar-refractivity contribution is 5.96. The smallest absolute Gasteiger partial charge is 0.378 e. The molecule has 3 heterocycles. The summed E-state index contributed by atoms with van der Waals surface area (Å²) < 4.78 is 74.2. The first-order valence-corrected chi connectivity index (χ1v) is 13.1. The molecule has 0 aliphatic rings. The van der Waals surface area contributed by atoms with Crippen LogP contribution >= 0.6 is 0 Å². The van der Waals surface area contributed by atoms with Crippen LogP contribution in [0.2, 0.25) is 0 Å². The molecule has 1 aromatic carbocycles. The molecular formula is C27H31F5N8O2. The van der Waals surface area contributed by atoms with Crippen LogP contribution < -0.4 is 16.4 Å². The number of nitrogens with zero attached hydrogens (tertiary/aromatic N) is 5. The van der Waals surface area contributed by atoms with Gasteiger partial charge >= 0.3 is 6.18 Å². The van der Waals surface area contributed by atoms with Crippen molar-refractivity contribution in [3.8, 4) is 11.3 Å². The topological polar surface area (TPSA) is 124 Å². The molecule has 4 rings (SSSR count). The molecule has 0 fully saturated rings. The molecule has 10 nitrogen and oxygen atoms in total. The molecule has 1 amide bonds. The van der Waals surface area contributed by atoms with Crippen molar-refractivity contribution in [2.75, 3.05) is 25.1 Å². The van der Waals surface area contributed by atoms with Gasteiger partial charge in [-0.3, -0.25) is 13.9 Å². The molecule has 3 aromatic heterocycles. The first-order chi connectivity index (χ1) is 19.8. The fourth-order valence-electron chi connectivity index (χ4n) is 4.25. The molecule has 0 bridgehead atoms. The van der Waals surface area contributed by atoms with Crippen molar-refractivity contribution in [2.45, 2.75) is 51.9 Å². The maximum Gasteiger partial charge on any atom is 0.435 e. The molecule has 0 atom stereocenters. The Morgan fingerprint density at radius 3 is 2.62 bits per heavy atom. The van der Waals surface area contributed by atoms with Crippen molar-refractivity contribution in [3.05, 3.63) is 59.8 Å². The van der Waals surface area contributed by atoms with E-state index in [0.717, 1.165) is 11.8 Å². The standard InChI is InChI=1S/C27H31F5N8O2/c1-4-16-11-17(5-6-18(16)25(41)35-8-10-42-15-26(2,3)33)37-23-24-36-12-20(40(24)9-7-34-23)19-13-39(14-21(28)29)38-22(19)27(30,31)32/h5-7,9,11-13,21H,4,8,10,14-15,33H2,1-3H3,(H,34,37)(H,35,41). The van der Waals surface area contributed by atoms with Crippen LogP contribution in [0.3, 0.4) is 0 Å². The van der Waals surface area contributed by atoms with Gasteiger partial charge in [0.1, 0.15) is 6.54 Å². The number of halogens is 5. The summed E-state index contributed by atoms with van der Waals surface area (Å²) in [5.74, 6) is -0.0310. The molecule has 0 aliphatic carbocycles. The Bertz CT molecular complexity index is 1540. The third-order valence-corrected chi connectivity index (χ3v) is 6.06. The summed E-state index contributed by atoms with van der Waals surface area (Å²) in [6, 6.07) is 5.10. The Labute approximate surface area is 238 Å². The Hall–Kier alpha value is -4.11. The van der Waals surface area contributed by atoms with Gasteiger partial charge in [0.15, 0.2) is 17.2 Å². The lowest BCUT2D eigenvalue weighted by Crippen LogP contribution is -2.38. The first-order valence-electron chi connectivity index (χ1n) is 13.1. The van der Waals surface area contributed by atoms with E-state index in [4.69, 9.17) is 10.5 Å². The van der Waals surface area contributed by atoms with Crippen molar-refractivity contribution in [1.82, 2.24) is 29.5 Å². The van der Waals surface area contributed by atoms with Crippen LogP contribution in [-0.2, 0) is 23.9 Å². The number of aryl methyl sites for hydroxylation is 1. The molecule has 0 saturated carbocycles. The molecular weight excluding hydrogens is 563 g/mol. The summed E-state index contributed by atoms with van der Waals surface area (Å²) in [6.07, 6.45) is -2.30. The second-order valence-corrected chi connectivity index (χ2v) is 10.3. The number of carbonyl (C=O) groups excluding carboxylic acids is 1. The average Bonchev–Trinajstić information content (AvgIpc) is 3.52. The van der Waals surface area contributed by atoms with E-state index in [2.05, 4.69) is 25.7 Å². The van der Waals surface area contributed by atoms with E-state index in [9.17, 15) is 26.7 Å². The molecule has 4 aromatic rings. The minimum Gasteiger partial charge on any atom is -0.378 e. The zero-order valence-electron chi connectivity index (χ0n) is 23.2. The van der Waals surface area contributed by atoms with Crippen molar-refractivity contribution in [3.63, 3.8) is 0 Å². The van der Waals surface area contributed by atoms with Crippen molar-refractivity contribution >= 4 is 23.1 Å². The van der Waals surface area contributed by atoms with E-state index in [-0.39, 0.29) is 23.1 Å². The summed E-state index contributed by atoms with van der Waals surface area (Å²) >= 11 is 0. The number of fused-ring (bicyclic) bond motifs is 1. The second kappa shape index (κ2) is 12.4. The number of carbonyl (C=O) groups is 1. The molecule has 0 aliphatic heterocycles. The van der Waals surface area contributed by atoms with E-state index in [0.29, 0.717) is 42.1 Å². The second-order valence-electron chi connectivity index (χ2n) is 10.3. The SMILES string of the molecule is CCc1cc(Nc2nccn3c(-c4cn(CC(F)F)nc4C(F)(F)F)cnc23)ccc1C(=O)NCCOCC(C)(C)N. The molecule has 4 N–H and O–H groups in total. The van der Waals surface area contributed by atoms with E-state index >= 15 is 0 Å². The minimum atomic E-state index is -4.88. The Morgan fingerprint density at radius 1 is 1.19 bits per heavy atom. The van der Waals surface area contributed by atoms with Gasteiger partial charge < -0.3 is 21.1 Å². The minimum absolute atomic E-state index is 0.00330. The number of rotatable bonds is 12. The number of benzene rings is 1. The lowest BCUT2D eigenvalue weighted by molar-refractivity contribution is -0.141. The van der Waals surface area contributed by atoms with Gasteiger partial charge in [0.25, 0.3) is 12.3 Å². The fourth-order valence-corrected chi connectivity index (χ4v) is 4.25. The number of hydrogen-bond acceptors (Lipinski definition) is 7. The maximum atomic E-state index is 13.7. The van der Waals surface area contributed by atoms with Gasteiger partial charge in [-0.1, -0.05) is 6.92 Å². The number of anilines is 2. The molecule has 0 radical (unpaired) electrons. The molecule has 0 unspecified atom stereocenters. The lowest BCUT2D eigenvalue weighted by atomic mass is 10.0. The van der Waals surface area contributed by atoms with Gasteiger partial charge in [-0.25, -0.2) is 18.7 Å².